The first-order valence-corrected chi connectivity index (χ1v) is 11.3. The summed E-state index contributed by atoms with van der Waals surface area (Å²) in [5.41, 5.74) is 3.08. The topological polar surface area (TPSA) is 55.9 Å². The molecule has 2 amide bonds. The number of amides is 2. The molecule has 0 atom stereocenters. The Balaban J connectivity index is 1.17. The fourth-order valence-electron chi connectivity index (χ4n) is 3.94. The second-order valence-corrected chi connectivity index (χ2v) is 8.52. The molecule has 0 radical (unpaired) electrons. The number of carbonyl (C=O) groups is 2. The molecule has 4 rings (SSSR count). The molecule has 1 N–H and O–H groups in total. The lowest BCUT2D eigenvalue weighted by Gasteiger charge is -2.34. The molecule has 2 aliphatic rings. The van der Waals surface area contributed by atoms with Crippen LogP contribution in [0.25, 0.3) is 0 Å². The van der Waals surface area contributed by atoms with E-state index in [4.69, 9.17) is 0 Å². The van der Waals surface area contributed by atoms with Crippen molar-refractivity contribution in [3.63, 3.8) is 0 Å². The molecule has 0 spiro atoms. The number of hydrogen-bond acceptors (Lipinski definition) is 5. The van der Waals surface area contributed by atoms with Gasteiger partial charge in [0.1, 0.15) is 0 Å². The average Bonchev–Trinajstić information content (AvgIpc) is 3.40. The van der Waals surface area contributed by atoms with E-state index in [1.54, 1.807) is 11.3 Å². The maximum Gasteiger partial charge on any atom is 0.227 e. The molecule has 29 heavy (non-hydrogen) atoms. The number of nitrogens with one attached hydrogen (secondary N) is 1. The van der Waals surface area contributed by atoms with Crippen LogP contribution in [0.3, 0.4) is 0 Å². The van der Waals surface area contributed by atoms with Gasteiger partial charge in [-0.05, 0) is 53.1 Å². The molecule has 1 aromatic heterocycles. The van der Waals surface area contributed by atoms with E-state index < -0.39 is 0 Å². The molecule has 0 saturated carbocycles. The number of thiophene rings is 1. The number of anilines is 2. The third-order valence-corrected chi connectivity index (χ3v) is 6.37. The van der Waals surface area contributed by atoms with Crippen LogP contribution in [0.5, 0.6) is 0 Å². The van der Waals surface area contributed by atoms with Crippen molar-refractivity contribution in [2.24, 2.45) is 0 Å². The molecule has 154 valence electrons. The summed E-state index contributed by atoms with van der Waals surface area (Å²) >= 11 is 1.75. The van der Waals surface area contributed by atoms with Crippen LogP contribution in [0.15, 0.2) is 41.1 Å². The largest absolute Gasteiger partial charge is 0.326 e. The summed E-state index contributed by atoms with van der Waals surface area (Å²) in [5.74, 6) is 0.216. The van der Waals surface area contributed by atoms with E-state index in [1.807, 2.05) is 29.2 Å². The molecule has 0 unspecified atom stereocenters. The monoisotopic (exact) mass is 412 g/mol. The molecule has 6 nitrogen and oxygen atoms in total. The van der Waals surface area contributed by atoms with Gasteiger partial charge in [0.15, 0.2) is 0 Å². The van der Waals surface area contributed by atoms with Crippen LogP contribution < -0.4 is 10.2 Å². The maximum atomic E-state index is 12.3. The van der Waals surface area contributed by atoms with Gasteiger partial charge in [0.05, 0.1) is 0 Å². The lowest BCUT2D eigenvalue weighted by atomic mass is 10.2. The first kappa shape index (κ1) is 20.1. The van der Waals surface area contributed by atoms with Crippen molar-refractivity contribution in [2.75, 3.05) is 49.5 Å². The summed E-state index contributed by atoms with van der Waals surface area (Å²) in [7, 11) is 0. The second-order valence-electron chi connectivity index (χ2n) is 7.74. The maximum absolute atomic E-state index is 12.3. The Labute approximate surface area is 176 Å². The van der Waals surface area contributed by atoms with E-state index in [0.29, 0.717) is 12.8 Å². The summed E-state index contributed by atoms with van der Waals surface area (Å²) in [4.78, 5) is 30.8. The second kappa shape index (κ2) is 9.52. The standard InChI is InChI=1S/C22H28N4O2S/c27-21(23-19-3-5-20(6-4-19)26-9-1-2-22(26)28)7-10-24-11-13-25(14-12-24)16-18-8-15-29-17-18/h3-6,8,15,17H,1-2,7,9-14,16H2,(H,23,27). The van der Waals surface area contributed by atoms with Crippen molar-refractivity contribution in [3.05, 3.63) is 46.7 Å². The van der Waals surface area contributed by atoms with Crippen molar-refractivity contribution in [3.8, 4) is 0 Å². The van der Waals surface area contributed by atoms with Gasteiger partial charge in [-0.25, -0.2) is 0 Å². The van der Waals surface area contributed by atoms with Gasteiger partial charge in [-0.15, -0.1) is 0 Å². The van der Waals surface area contributed by atoms with Crippen molar-refractivity contribution in [1.29, 1.82) is 0 Å². The van der Waals surface area contributed by atoms with E-state index in [1.165, 1.54) is 5.56 Å². The molecule has 2 fully saturated rings. The van der Waals surface area contributed by atoms with Crippen LogP contribution >= 0.6 is 11.3 Å². The van der Waals surface area contributed by atoms with E-state index in [9.17, 15) is 9.59 Å². The Morgan fingerprint density at radius 3 is 2.41 bits per heavy atom. The van der Waals surface area contributed by atoms with E-state index in [2.05, 4.69) is 31.9 Å². The summed E-state index contributed by atoms with van der Waals surface area (Å²) in [6.07, 6.45) is 2.04. The lowest BCUT2D eigenvalue weighted by molar-refractivity contribution is -0.117. The fourth-order valence-corrected chi connectivity index (χ4v) is 4.60. The number of carbonyl (C=O) groups excluding carboxylic acids is 2. The summed E-state index contributed by atoms with van der Waals surface area (Å²) in [6, 6.07) is 9.76. The molecule has 0 bridgehead atoms. The molecular weight excluding hydrogens is 384 g/mol. The zero-order valence-corrected chi connectivity index (χ0v) is 17.5. The highest BCUT2D eigenvalue weighted by atomic mass is 32.1. The van der Waals surface area contributed by atoms with Crippen LogP contribution in [0.1, 0.15) is 24.8 Å². The van der Waals surface area contributed by atoms with Crippen LogP contribution in [-0.4, -0.2) is 60.9 Å². The number of rotatable bonds is 7. The molecule has 7 heteroatoms. The molecule has 2 saturated heterocycles. The Morgan fingerprint density at radius 1 is 1.00 bits per heavy atom. The highest BCUT2D eigenvalue weighted by Gasteiger charge is 2.21. The van der Waals surface area contributed by atoms with Gasteiger partial charge in [-0.1, -0.05) is 0 Å². The van der Waals surface area contributed by atoms with Crippen molar-refractivity contribution >= 4 is 34.5 Å². The number of benzene rings is 1. The summed E-state index contributed by atoms with van der Waals surface area (Å²) in [5, 5.41) is 7.31. The molecule has 0 aliphatic carbocycles. The molecule has 2 aromatic rings. The number of hydrogen-bond donors (Lipinski definition) is 1. The van der Waals surface area contributed by atoms with Crippen molar-refractivity contribution in [2.45, 2.75) is 25.8 Å². The summed E-state index contributed by atoms with van der Waals surface area (Å²) in [6.45, 7) is 6.72. The van der Waals surface area contributed by atoms with Gasteiger partial charge in [-0.2, -0.15) is 11.3 Å². The SMILES string of the molecule is O=C(CCN1CCN(Cc2ccsc2)CC1)Nc1ccc(N2CCCC2=O)cc1. The van der Waals surface area contributed by atoms with Gasteiger partial charge in [0.2, 0.25) is 11.8 Å². The van der Waals surface area contributed by atoms with Crippen LogP contribution in [0.4, 0.5) is 11.4 Å². The quantitative estimate of drug-likeness (QED) is 0.760. The highest BCUT2D eigenvalue weighted by molar-refractivity contribution is 7.07. The minimum absolute atomic E-state index is 0.0377. The average molecular weight is 413 g/mol. The minimum Gasteiger partial charge on any atom is -0.326 e. The Bertz CT molecular complexity index is 814. The van der Waals surface area contributed by atoms with E-state index in [-0.39, 0.29) is 11.8 Å². The molecule has 3 heterocycles. The molecular formula is C22H28N4O2S. The Hall–Kier alpha value is -2.22. The van der Waals surface area contributed by atoms with Gasteiger partial charge >= 0.3 is 0 Å². The predicted octanol–water partition coefficient (Wildman–Crippen LogP) is 3.02. The third-order valence-electron chi connectivity index (χ3n) is 5.64. The minimum atomic E-state index is 0.0377. The van der Waals surface area contributed by atoms with E-state index in [0.717, 1.165) is 63.6 Å². The van der Waals surface area contributed by atoms with Gasteiger partial charge in [-0.3, -0.25) is 14.5 Å². The zero-order chi connectivity index (χ0) is 20.1. The van der Waals surface area contributed by atoms with Crippen molar-refractivity contribution in [1.82, 2.24) is 9.80 Å². The highest BCUT2D eigenvalue weighted by Crippen LogP contribution is 2.23. The summed E-state index contributed by atoms with van der Waals surface area (Å²) < 4.78 is 0. The predicted molar refractivity (Wildman–Crippen MR) is 117 cm³/mol. The van der Waals surface area contributed by atoms with Crippen LogP contribution in [-0.2, 0) is 16.1 Å². The Morgan fingerprint density at radius 2 is 1.76 bits per heavy atom. The first-order valence-electron chi connectivity index (χ1n) is 10.3. The van der Waals surface area contributed by atoms with Gasteiger partial charge in [0.25, 0.3) is 0 Å². The normalized spacial score (nSPS) is 18.3. The van der Waals surface area contributed by atoms with E-state index >= 15 is 0 Å². The smallest absolute Gasteiger partial charge is 0.227 e. The number of nitrogens with zero attached hydrogens (tertiary/aromatic N) is 3. The van der Waals surface area contributed by atoms with Crippen molar-refractivity contribution < 1.29 is 9.59 Å². The third kappa shape index (κ3) is 5.44. The fraction of sp³-hybridized carbons (Fsp3) is 0.455. The zero-order valence-electron chi connectivity index (χ0n) is 16.7. The molecule has 2 aliphatic heterocycles. The van der Waals surface area contributed by atoms with Crippen LogP contribution in [0.2, 0.25) is 0 Å². The van der Waals surface area contributed by atoms with Crippen LogP contribution in [0, 0.1) is 0 Å². The van der Waals surface area contributed by atoms with Gasteiger partial charge in [0, 0.05) is 70.0 Å². The molecule has 1 aromatic carbocycles. The number of piperazine rings is 1. The lowest BCUT2D eigenvalue weighted by Crippen LogP contribution is -2.46. The Kier molecular flexibility index (Phi) is 6.59. The first-order chi connectivity index (χ1) is 14.2. The van der Waals surface area contributed by atoms with Gasteiger partial charge < -0.3 is 15.1 Å².